The van der Waals surface area contributed by atoms with Crippen molar-refractivity contribution in [1.82, 2.24) is 5.32 Å². The van der Waals surface area contributed by atoms with Crippen molar-refractivity contribution in [2.75, 3.05) is 13.2 Å². The molecule has 0 spiro atoms. The fourth-order valence-corrected chi connectivity index (χ4v) is 1.82. The maximum Gasteiger partial charge on any atom is 0.123 e. The lowest BCUT2D eigenvalue weighted by atomic mass is 10.0. The van der Waals surface area contributed by atoms with Crippen LogP contribution in [0.4, 0.5) is 0 Å². The van der Waals surface area contributed by atoms with Gasteiger partial charge in [-0.2, -0.15) is 0 Å². The molecule has 88 valence electrons. The number of aromatic hydroxyl groups is 2. The molecule has 0 bridgehead atoms. The van der Waals surface area contributed by atoms with E-state index in [0.29, 0.717) is 13.2 Å². The zero-order valence-electron chi connectivity index (χ0n) is 9.36. The van der Waals surface area contributed by atoms with E-state index >= 15 is 0 Å². The van der Waals surface area contributed by atoms with Crippen LogP contribution < -0.4 is 5.32 Å². The number of benzene rings is 1. The Kier molecular flexibility index (Phi) is 3.03. The Bertz CT molecular complexity index is 373. The van der Waals surface area contributed by atoms with Crippen LogP contribution in [0.1, 0.15) is 18.9 Å². The zero-order chi connectivity index (χ0) is 11.6. The number of phenolic OH excluding ortho intramolecular Hbond substituents is 2. The number of phenols is 2. The van der Waals surface area contributed by atoms with Gasteiger partial charge in [-0.3, -0.25) is 0 Å². The van der Waals surface area contributed by atoms with Crippen LogP contribution in [0.15, 0.2) is 18.2 Å². The minimum atomic E-state index is -0.00960. The summed E-state index contributed by atoms with van der Waals surface area (Å²) >= 11 is 0. The molecule has 4 heteroatoms. The van der Waals surface area contributed by atoms with Gasteiger partial charge < -0.3 is 20.3 Å². The summed E-state index contributed by atoms with van der Waals surface area (Å²) in [6.07, 6.45) is 0.978. The van der Waals surface area contributed by atoms with Crippen LogP contribution in [0, 0.1) is 0 Å². The van der Waals surface area contributed by atoms with Crippen molar-refractivity contribution in [1.29, 1.82) is 0 Å². The third-order valence-electron chi connectivity index (χ3n) is 2.99. The van der Waals surface area contributed by atoms with E-state index in [4.69, 9.17) is 9.84 Å². The van der Waals surface area contributed by atoms with Gasteiger partial charge in [0.15, 0.2) is 0 Å². The Balaban J connectivity index is 1.99. The van der Waals surface area contributed by atoms with Gasteiger partial charge in [-0.15, -0.1) is 0 Å². The van der Waals surface area contributed by atoms with Gasteiger partial charge in [0.1, 0.15) is 11.5 Å². The largest absolute Gasteiger partial charge is 0.508 e. The first-order chi connectivity index (χ1) is 7.59. The molecule has 0 radical (unpaired) electrons. The lowest BCUT2D eigenvalue weighted by Crippen LogP contribution is -2.42. The topological polar surface area (TPSA) is 61.7 Å². The molecule has 1 atom stereocenters. The number of rotatable bonds is 3. The Morgan fingerprint density at radius 3 is 2.88 bits per heavy atom. The summed E-state index contributed by atoms with van der Waals surface area (Å²) in [5.41, 5.74) is 0.774. The van der Waals surface area contributed by atoms with Crippen LogP contribution >= 0.6 is 0 Å². The smallest absolute Gasteiger partial charge is 0.123 e. The van der Waals surface area contributed by atoms with Gasteiger partial charge >= 0.3 is 0 Å². The highest BCUT2D eigenvalue weighted by atomic mass is 16.5. The number of ether oxygens (including phenoxy) is 1. The lowest BCUT2D eigenvalue weighted by Gasteiger charge is -2.23. The second-order valence-electron chi connectivity index (χ2n) is 4.53. The van der Waals surface area contributed by atoms with Crippen molar-refractivity contribution in [2.45, 2.75) is 25.4 Å². The average molecular weight is 223 g/mol. The first-order valence-corrected chi connectivity index (χ1v) is 5.43. The van der Waals surface area contributed by atoms with E-state index in [2.05, 4.69) is 12.2 Å². The molecule has 3 N–H and O–H groups in total. The van der Waals surface area contributed by atoms with E-state index < -0.39 is 0 Å². The summed E-state index contributed by atoms with van der Waals surface area (Å²) in [7, 11) is 0. The summed E-state index contributed by atoms with van der Waals surface area (Å²) in [6.45, 7) is 4.17. The summed E-state index contributed by atoms with van der Waals surface area (Å²) in [6, 6.07) is 4.64. The molecule has 1 aromatic rings. The summed E-state index contributed by atoms with van der Waals surface area (Å²) < 4.78 is 5.33. The second-order valence-corrected chi connectivity index (χ2v) is 4.53. The fourth-order valence-electron chi connectivity index (χ4n) is 1.82. The van der Waals surface area contributed by atoms with Crippen LogP contribution in [0.25, 0.3) is 0 Å². The molecule has 1 heterocycles. The summed E-state index contributed by atoms with van der Waals surface area (Å²) in [5, 5.41) is 22.2. The molecule has 0 aliphatic carbocycles. The molecule has 1 saturated heterocycles. The van der Waals surface area contributed by atoms with Crippen molar-refractivity contribution in [3.8, 4) is 11.5 Å². The van der Waals surface area contributed by atoms with E-state index in [1.54, 1.807) is 12.1 Å². The Hall–Kier alpha value is -1.26. The minimum absolute atomic E-state index is 0.00960. The van der Waals surface area contributed by atoms with E-state index in [1.165, 1.54) is 6.07 Å². The maximum atomic E-state index is 9.62. The molecule has 1 aliphatic heterocycles. The van der Waals surface area contributed by atoms with Crippen LogP contribution in [-0.2, 0) is 11.3 Å². The molecule has 2 rings (SSSR count). The molecule has 0 aromatic heterocycles. The van der Waals surface area contributed by atoms with E-state index in [1.807, 2.05) is 0 Å². The number of hydrogen-bond donors (Lipinski definition) is 3. The first kappa shape index (κ1) is 11.2. The first-order valence-electron chi connectivity index (χ1n) is 5.43. The van der Waals surface area contributed by atoms with E-state index in [9.17, 15) is 5.11 Å². The molecule has 16 heavy (non-hydrogen) atoms. The van der Waals surface area contributed by atoms with Gasteiger partial charge in [0.25, 0.3) is 0 Å². The molecular formula is C12H17NO3. The van der Waals surface area contributed by atoms with Gasteiger partial charge in [-0.05, 0) is 19.4 Å². The predicted molar refractivity (Wildman–Crippen MR) is 60.5 cm³/mol. The second kappa shape index (κ2) is 4.31. The van der Waals surface area contributed by atoms with Crippen LogP contribution in [0.3, 0.4) is 0 Å². The van der Waals surface area contributed by atoms with Crippen molar-refractivity contribution >= 4 is 0 Å². The molecule has 0 amide bonds. The van der Waals surface area contributed by atoms with Crippen molar-refractivity contribution < 1.29 is 14.9 Å². The fraction of sp³-hybridized carbons (Fsp3) is 0.500. The Morgan fingerprint density at radius 1 is 1.44 bits per heavy atom. The average Bonchev–Trinajstić information content (AvgIpc) is 2.64. The number of hydrogen-bond acceptors (Lipinski definition) is 4. The number of nitrogens with one attached hydrogen (secondary N) is 1. The highest BCUT2D eigenvalue weighted by Gasteiger charge is 2.28. The monoisotopic (exact) mass is 223 g/mol. The van der Waals surface area contributed by atoms with E-state index in [-0.39, 0.29) is 17.0 Å². The van der Waals surface area contributed by atoms with Gasteiger partial charge in [0, 0.05) is 30.3 Å². The highest BCUT2D eigenvalue weighted by Crippen LogP contribution is 2.24. The van der Waals surface area contributed by atoms with Crippen LogP contribution in [0.2, 0.25) is 0 Å². The molecule has 1 fully saturated rings. The molecule has 0 saturated carbocycles. The van der Waals surface area contributed by atoms with Crippen LogP contribution in [0.5, 0.6) is 11.5 Å². The van der Waals surface area contributed by atoms with Gasteiger partial charge in [-0.25, -0.2) is 0 Å². The molecule has 1 aliphatic rings. The maximum absolute atomic E-state index is 9.62. The van der Waals surface area contributed by atoms with Gasteiger partial charge in [0.05, 0.1) is 6.61 Å². The Morgan fingerprint density at radius 2 is 2.25 bits per heavy atom. The third-order valence-corrected chi connectivity index (χ3v) is 2.99. The SMILES string of the molecule is CC1(NCc2ccc(O)cc2O)CCOC1. The molecule has 1 aromatic carbocycles. The van der Waals surface area contributed by atoms with E-state index in [0.717, 1.165) is 18.6 Å². The molecule has 1 unspecified atom stereocenters. The van der Waals surface area contributed by atoms with Crippen molar-refractivity contribution in [3.05, 3.63) is 23.8 Å². The quantitative estimate of drug-likeness (QED) is 0.724. The third kappa shape index (κ3) is 2.46. The van der Waals surface area contributed by atoms with Crippen LogP contribution in [-0.4, -0.2) is 29.0 Å². The normalized spacial score (nSPS) is 24.8. The van der Waals surface area contributed by atoms with Gasteiger partial charge in [0.2, 0.25) is 0 Å². The predicted octanol–water partition coefficient (Wildman–Crippen LogP) is 1.37. The standard InChI is InChI=1S/C12H17NO3/c1-12(4-5-16-8-12)13-7-9-2-3-10(14)6-11(9)15/h2-3,6,13-15H,4-5,7-8H2,1H3. The summed E-state index contributed by atoms with van der Waals surface area (Å²) in [4.78, 5) is 0. The Labute approximate surface area is 94.9 Å². The molecule has 4 nitrogen and oxygen atoms in total. The van der Waals surface area contributed by atoms with Gasteiger partial charge in [-0.1, -0.05) is 6.07 Å². The van der Waals surface area contributed by atoms with Crippen molar-refractivity contribution in [2.24, 2.45) is 0 Å². The minimum Gasteiger partial charge on any atom is -0.508 e. The highest BCUT2D eigenvalue weighted by molar-refractivity contribution is 5.38. The van der Waals surface area contributed by atoms with Crippen molar-refractivity contribution in [3.63, 3.8) is 0 Å². The summed E-state index contributed by atoms with van der Waals surface area (Å²) in [5.74, 6) is 0.201. The lowest BCUT2D eigenvalue weighted by molar-refractivity contribution is 0.171. The zero-order valence-corrected chi connectivity index (χ0v) is 9.36. The molecular weight excluding hydrogens is 206 g/mol.